The summed E-state index contributed by atoms with van der Waals surface area (Å²) < 4.78 is 34.6. The van der Waals surface area contributed by atoms with Crippen LogP contribution in [-0.4, -0.2) is 53.1 Å². The Labute approximate surface area is 119 Å². The lowest BCUT2D eigenvalue weighted by Gasteiger charge is -2.22. The van der Waals surface area contributed by atoms with Crippen molar-refractivity contribution in [3.63, 3.8) is 0 Å². The van der Waals surface area contributed by atoms with Crippen molar-refractivity contribution in [3.05, 3.63) is 32.6 Å². The number of nitrogens with one attached hydrogen (secondary N) is 1. The number of aryl methyl sites for hydroxylation is 1. The number of hydrogen-bond acceptors (Lipinski definition) is 7. The maximum Gasteiger partial charge on any atom is 0.330 e. The Morgan fingerprint density at radius 3 is 2.62 bits per heavy atom. The fraction of sp³-hybridized carbons (Fsp3) is 0.636. The first kappa shape index (κ1) is 14.4. The van der Waals surface area contributed by atoms with Crippen LogP contribution in [0.1, 0.15) is 11.8 Å². The number of aliphatic hydroxyl groups is 1. The molecule has 3 rings (SSSR count). The highest BCUT2D eigenvalue weighted by atomic mass is 32.2. The van der Waals surface area contributed by atoms with Gasteiger partial charge >= 0.3 is 5.69 Å². The average Bonchev–Trinajstić information content (AvgIpc) is 3.07. The van der Waals surface area contributed by atoms with Crippen LogP contribution in [0.4, 0.5) is 0 Å². The van der Waals surface area contributed by atoms with E-state index in [2.05, 4.69) is 4.98 Å². The highest BCUT2D eigenvalue weighted by Crippen LogP contribution is 2.45. The van der Waals surface area contributed by atoms with Crippen molar-refractivity contribution >= 4 is 9.84 Å². The van der Waals surface area contributed by atoms with Crippen LogP contribution in [0.5, 0.6) is 0 Å². The molecule has 116 valence electrons. The number of ether oxygens (including phenoxy) is 2. The molecule has 1 aromatic heterocycles. The van der Waals surface area contributed by atoms with Crippen LogP contribution in [0.25, 0.3) is 0 Å². The third kappa shape index (κ3) is 2.33. The van der Waals surface area contributed by atoms with Crippen molar-refractivity contribution < 1.29 is 23.0 Å². The first-order valence-corrected chi connectivity index (χ1v) is 8.15. The van der Waals surface area contributed by atoms with E-state index in [9.17, 15) is 23.1 Å². The molecule has 3 heterocycles. The molecule has 0 bridgehead atoms. The SMILES string of the molecule is Cc1cn([C@@H]2O[C@H](C(O)S(C)(=O)=O)[C@H]3O[C@H]32)c(=O)[nH]c1=O. The summed E-state index contributed by atoms with van der Waals surface area (Å²) in [6.45, 7) is 1.53. The summed E-state index contributed by atoms with van der Waals surface area (Å²) in [6.07, 6.45) is -0.830. The lowest BCUT2D eigenvalue weighted by Crippen LogP contribution is -2.39. The molecule has 0 spiro atoms. The molecule has 1 aromatic rings. The van der Waals surface area contributed by atoms with E-state index in [4.69, 9.17) is 9.47 Å². The average molecular weight is 318 g/mol. The van der Waals surface area contributed by atoms with E-state index < -0.39 is 51.1 Å². The topological polar surface area (TPSA) is 131 Å². The largest absolute Gasteiger partial charge is 0.375 e. The van der Waals surface area contributed by atoms with E-state index in [0.717, 1.165) is 10.8 Å². The summed E-state index contributed by atoms with van der Waals surface area (Å²) in [7, 11) is -3.72. The third-order valence-corrected chi connectivity index (χ3v) is 4.75. The number of sulfone groups is 1. The molecule has 2 saturated heterocycles. The van der Waals surface area contributed by atoms with Gasteiger partial charge in [0.05, 0.1) is 0 Å². The van der Waals surface area contributed by atoms with Gasteiger partial charge in [-0.05, 0) is 6.92 Å². The van der Waals surface area contributed by atoms with Gasteiger partial charge in [0.15, 0.2) is 21.5 Å². The van der Waals surface area contributed by atoms with E-state index in [1.807, 2.05) is 0 Å². The molecular formula is C11H14N2O7S. The molecule has 2 N–H and O–H groups in total. The number of epoxide rings is 1. The molecule has 1 unspecified atom stereocenters. The molecule has 2 fully saturated rings. The number of aliphatic hydroxyl groups excluding tert-OH is 1. The highest BCUT2D eigenvalue weighted by Gasteiger charge is 2.62. The quantitative estimate of drug-likeness (QED) is 0.609. The summed E-state index contributed by atoms with van der Waals surface area (Å²) in [5.74, 6) is 0. The summed E-state index contributed by atoms with van der Waals surface area (Å²) in [5, 5.41) is 9.78. The maximum atomic E-state index is 11.8. The van der Waals surface area contributed by atoms with Crippen molar-refractivity contribution in [3.8, 4) is 0 Å². The number of H-pyrrole nitrogens is 1. The Hall–Kier alpha value is -1.49. The summed E-state index contributed by atoms with van der Waals surface area (Å²) in [5.41, 5.74) is -2.60. The van der Waals surface area contributed by atoms with Crippen LogP contribution >= 0.6 is 0 Å². The van der Waals surface area contributed by atoms with Gasteiger partial charge in [0.1, 0.15) is 18.3 Å². The van der Waals surface area contributed by atoms with Gasteiger partial charge in [-0.1, -0.05) is 0 Å². The highest BCUT2D eigenvalue weighted by molar-refractivity contribution is 7.91. The van der Waals surface area contributed by atoms with Crippen molar-refractivity contribution in [2.24, 2.45) is 0 Å². The number of aromatic nitrogens is 2. The fourth-order valence-electron chi connectivity index (χ4n) is 2.42. The molecule has 0 aromatic carbocycles. The van der Waals surface area contributed by atoms with Gasteiger partial charge in [0.25, 0.3) is 5.56 Å². The Balaban J connectivity index is 1.93. The zero-order chi connectivity index (χ0) is 15.5. The molecule has 10 heteroatoms. The normalized spacial score (nSPS) is 32.7. The zero-order valence-electron chi connectivity index (χ0n) is 11.2. The predicted molar refractivity (Wildman–Crippen MR) is 69.5 cm³/mol. The van der Waals surface area contributed by atoms with Crippen LogP contribution in [0.3, 0.4) is 0 Å². The monoisotopic (exact) mass is 318 g/mol. The van der Waals surface area contributed by atoms with Gasteiger partial charge in [-0.15, -0.1) is 0 Å². The van der Waals surface area contributed by atoms with E-state index in [-0.39, 0.29) is 0 Å². The minimum Gasteiger partial charge on any atom is -0.375 e. The first-order valence-electron chi connectivity index (χ1n) is 6.20. The molecule has 2 aliphatic heterocycles. The second kappa shape index (κ2) is 4.50. The summed E-state index contributed by atoms with van der Waals surface area (Å²) in [4.78, 5) is 25.3. The summed E-state index contributed by atoms with van der Waals surface area (Å²) in [6, 6.07) is 0. The molecule has 9 nitrogen and oxygen atoms in total. The number of rotatable bonds is 3. The molecule has 21 heavy (non-hydrogen) atoms. The Kier molecular flexibility index (Phi) is 3.10. The minimum absolute atomic E-state index is 0.308. The Morgan fingerprint density at radius 2 is 2.00 bits per heavy atom. The van der Waals surface area contributed by atoms with Crippen LogP contribution in [-0.2, 0) is 19.3 Å². The van der Waals surface area contributed by atoms with Crippen LogP contribution in [0.2, 0.25) is 0 Å². The van der Waals surface area contributed by atoms with Crippen LogP contribution in [0.15, 0.2) is 15.8 Å². The number of fused-ring (bicyclic) bond motifs is 1. The lowest BCUT2D eigenvalue weighted by molar-refractivity contribution is -0.0949. The van der Waals surface area contributed by atoms with Crippen LogP contribution in [0, 0.1) is 6.92 Å². The smallest absolute Gasteiger partial charge is 0.330 e. The fourth-order valence-corrected chi connectivity index (χ4v) is 3.12. The van der Waals surface area contributed by atoms with Gasteiger partial charge in [-0.3, -0.25) is 14.3 Å². The van der Waals surface area contributed by atoms with Crippen molar-refractivity contribution in [1.82, 2.24) is 9.55 Å². The van der Waals surface area contributed by atoms with Crippen LogP contribution < -0.4 is 11.2 Å². The molecule has 5 atom stereocenters. The van der Waals surface area contributed by atoms with E-state index >= 15 is 0 Å². The van der Waals surface area contributed by atoms with Crippen molar-refractivity contribution in [2.45, 2.75) is 36.9 Å². The molecule has 0 radical (unpaired) electrons. The molecule has 0 amide bonds. The van der Waals surface area contributed by atoms with Gasteiger partial charge in [-0.25, -0.2) is 13.2 Å². The van der Waals surface area contributed by atoms with Gasteiger partial charge in [0.2, 0.25) is 0 Å². The summed E-state index contributed by atoms with van der Waals surface area (Å²) >= 11 is 0. The maximum absolute atomic E-state index is 11.8. The first-order chi connectivity index (χ1) is 9.70. The van der Waals surface area contributed by atoms with Crippen molar-refractivity contribution in [2.75, 3.05) is 6.26 Å². The zero-order valence-corrected chi connectivity index (χ0v) is 12.0. The number of hydrogen-bond donors (Lipinski definition) is 2. The van der Waals surface area contributed by atoms with Gasteiger partial charge < -0.3 is 14.6 Å². The third-order valence-electron chi connectivity index (χ3n) is 3.60. The standard InChI is InChI=1S/C11H14N2O7S/c1-4-3-13(11(16)12-8(4)14)9-6-5(19-6)7(20-9)10(15)21(2,17)18/h3,5-7,9-10,15H,1-2H3,(H,12,14,16)/t5-,6+,7-,9+,10?/m0/s1. The van der Waals surface area contributed by atoms with E-state index in [1.165, 1.54) is 13.1 Å². The Bertz CT molecular complexity index is 796. The molecule has 0 saturated carbocycles. The second-order valence-electron chi connectivity index (χ2n) is 5.26. The minimum atomic E-state index is -3.72. The second-order valence-corrected chi connectivity index (χ2v) is 7.40. The van der Waals surface area contributed by atoms with E-state index in [0.29, 0.717) is 5.56 Å². The van der Waals surface area contributed by atoms with E-state index in [1.54, 1.807) is 0 Å². The van der Waals surface area contributed by atoms with Gasteiger partial charge in [0, 0.05) is 18.0 Å². The Morgan fingerprint density at radius 1 is 1.33 bits per heavy atom. The predicted octanol–water partition coefficient (Wildman–Crippen LogP) is -2.13. The molecule has 0 aliphatic carbocycles. The van der Waals surface area contributed by atoms with Crippen molar-refractivity contribution in [1.29, 1.82) is 0 Å². The number of aromatic amines is 1. The number of nitrogens with zero attached hydrogens (tertiary/aromatic N) is 1. The van der Waals surface area contributed by atoms with Gasteiger partial charge in [-0.2, -0.15) is 0 Å². The molecular weight excluding hydrogens is 304 g/mol. The molecule has 2 aliphatic rings. The lowest BCUT2D eigenvalue weighted by atomic mass is 10.2.